The minimum absolute atomic E-state index is 0.150. The molecule has 0 heterocycles. The number of alkyl halides is 3. The van der Waals surface area contributed by atoms with Crippen molar-refractivity contribution < 1.29 is 35.9 Å². The normalized spacial score (nSPS) is 11.6. The van der Waals surface area contributed by atoms with Crippen LogP contribution < -0.4 is 9.62 Å². The summed E-state index contributed by atoms with van der Waals surface area (Å²) in [5.41, 5.74) is 0.213. The van der Waals surface area contributed by atoms with Gasteiger partial charge >= 0.3 is 12.1 Å². The first-order valence-corrected chi connectivity index (χ1v) is 12.6. The van der Waals surface area contributed by atoms with Crippen LogP contribution in [0.25, 0.3) is 0 Å². The molecule has 1 N–H and O–H groups in total. The summed E-state index contributed by atoms with van der Waals surface area (Å²) in [7, 11) is -4.43. The molecule has 11 heteroatoms. The number of aryl methyl sites for hydroxylation is 1. The number of carbonyl (C=O) groups excluding carboxylic acids is 2. The Labute approximate surface area is 212 Å². The first-order valence-electron chi connectivity index (χ1n) is 11.2. The van der Waals surface area contributed by atoms with Crippen LogP contribution in [0.4, 0.5) is 24.5 Å². The van der Waals surface area contributed by atoms with Crippen LogP contribution in [0.15, 0.2) is 71.6 Å². The van der Waals surface area contributed by atoms with Gasteiger partial charge in [0.15, 0.2) is 0 Å². The quantitative estimate of drug-likeness (QED) is 0.394. The van der Waals surface area contributed by atoms with Crippen LogP contribution >= 0.6 is 0 Å². The van der Waals surface area contributed by atoms with Crippen LogP contribution in [0.1, 0.15) is 34.0 Å². The number of benzene rings is 3. The van der Waals surface area contributed by atoms with Crippen molar-refractivity contribution >= 4 is 33.3 Å². The molecule has 0 unspecified atom stereocenters. The Morgan fingerprint density at radius 2 is 1.62 bits per heavy atom. The van der Waals surface area contributed by atoms with Crippen LogP contribution in [0, 0.1) is 13.8 Å². The van der Waals surface area contributed by atoms with E-state index in [0.717, 1.165) is 17.7 Å². The minimum atomic E-state index is -4.72. The standard InChI is InChI=1S/C26H25F3N2O5S/c1-4-36-25(33)22-9-6-10-23(18(22)3)30-24(32)16-31(20-8-5-7-19(15-20)26(27,28)29)37(34,35)21-13-11-17(2)12-14-21/h5-15H,4,16H2,1-3H3,(H,30,32). The second-order valence-electron chi connectivity index (χ2n) is 8.12. The van der Waals surface area contributed by atoms with E-state index in [4.69, 9.17) is 4.74 Å². The zero-order valence-corrected chi connectivity index (χ0v) is 21.1. The fraction of sp³-hybridized carbons (Fsp3) is 0.231. The summed E-state index contributed by atoms with van der Waals surface area (Å²) in [6.07, 6.45) is -4.72. The lowest BCUT2D eigenvalue weighted by atomic mass is 10.1. The molecular weight excluding hydrogens is 509 g/mol. The molecule has 0 spiro atoms. The predicted molar refractivity (Wildman–Crippen MR) is 133 cm³/mol. The van der Waals surface area contributed by atoms with Crippen LogP contribution in [-0.2, 0) is 25.7 Å². The first kappa shape index (κ1) is 27.7. The maximum atomic E-state index is 13.5. The SMILES string of the molecule is CCOC(=O)c1cccc(NC(=O)CN(c2cccc(C(F)(F)F)c2)S(=O)(=O)c2ccc(C)cc2)c1C. The summed E-state index contributed by atoms with van der Waals surface area (Å²) >= 11 is 0. The fourth-order valence-electron chi connectivity index (χ4n) is 3.51. The van der Waals surface area contributed by atoms with Gasteiger partial charge in [0.25, 0.3) is 10.0 Å². The van der Waals surface area contributed by atoms with E-state index in [2.05, 4.69) is 5.32 Å². The van der Waals surface area contributed by atoms with Crippen molar-refractivity contribution in [1.29, 1.82) is 0 Å². The zero-order valence-electron chi connectivity index (χ0n) is 20.3. The molecule has 0 saturated carbocycles. The van der Waals surface area contributed by atoms with Crippen molar-refractivity contribution in [3.8, 4) is 0 Å². The van der Waals surface area contributed by atoms with Gasteiger partial charge in [-0.2, -0.15) is 13.2 Å². The van der Waals surface area contributed by atoms with E-state index in [1.54, 1.807) is 32.9 Å². The van der Waals surface area contributed by atoms with Crippen molar-refractivity contribution in [2.45, 2.75) is 31.8 Å². The molecular formula is C26H25F3N2O5S. The Kier molecular flexibility index (Phi) is 8.27. The molecule has 3 rings (SSSR count). The molecule has 37 heavy (non-hydrogen) atoms. The molecule has 0 aliphatic carbocycles. The van der Waals surface area contributed by atoms with Gasteiger partial charge in [-0.15, -0.1) is 0 Å². The van der Waals surface area contributed by atoms with E-state index in [-0.39, 0.29) is 28.4 Å². The average Bonchev–Trinajstić information content (AvgIpc) is 2.83. The topological polar surface area (TPSA) is 92.8 Å². The van der Waals surface area contributed by atoms with Gasteiger partial charge in [0.05, 0.1) is 28.3 Å². The molecule has 0 radical (unpaired) electrons. The summed E-state index contributed by atoms with van der Waals surface area (Å²) in [5, 5.41) is 2.55. The maximum Gasteiger partial charge on any atom is 0.416 e. The molecule has 0 saturated heterocycles. The van der Waals surface area contributed by atoms with Crippen molar-refractivity contribution in [2.24, 2.45) is 0 Å². The van der Waals surface area contributed by atoms with Crippen molar-refractivity contribution in [1.82, 2.24) is 0 Å². The predicted octanol–water partition coefficient (Wildman–Crippen LogP) is 5.33. The minimum Gasteiger partial charge on any atom is -0.462 e. The van der Waals surface area contributed by atoms with Gasteiger partial charge < -0.3 is 10.1 Å². The number of esters is 1. The second-order valence-corrected chi connectivity index (χ2v) is 9.98. The van der Waals surface area contributed by atoms with E-state index < -0.39 is 40.2 Å². The van der Waals surface area contributed by atoms with Gasteiger partial charge in [-0.1, -0.05) is 29.8 Å². The molecule has 3 aromatic rings. The van der Waals surface area contributed by atoms with E-state index >= 15 is 0 Å². The number of carbonyl (C=O) groups is 2. The van der Waals surface area contributed by atoms with Gasteiger partial charge in [-0.3, -0.25) is 9.10 Å². The number of anilines is 2. The third-order valence-corrected chi connectivity index (χ3v) is 7.25. The van der Waals surface area contributed by atoms with Crippen molar-refractivity contribution in [2.75, 3.05) is 22.8 Å². The Morgan fingerprint density at radius 1 is 0.973 bits per heavy atom. The fourth-order valence-corrected chi connectivity index (χ4v) is 4.92. The Balaban J connectivity index is 2.00. The molecule has 196 valence electrons. The van der Waals surface area contributed by atoms with Crippen LogP contribution in [0.3, 0.4) is 0 Å². The highest BCUT2D eigenvalue weighted by molar-refractivity contribution is 7.92. The summed E-state index contributed by atoms with van der Waals surface area (Å²) in [6, 6.07) is 14.0. The van der Waals surface area contributed by atoms with Gasteiger partial charge in [0.2, 0.25) is 5.91 Å². The average molecular weight is 535 g/mol. The maximum absolute atomic E-state index is 13.5. The number of nitrogens with one attached hydrogen (secondary N) is 1. The third-order valence-electron chi connectivity index (χ3n) is 5.46. The number of nitrogens with zero attached hydrogens (tertiary/aromatic N) is 1. The Morgan fingerprint density at radius 3 is 2.24 bits per heavy atom. The summed E-state index contributed by atoms with van der Waals surface area (Å²) in [6.45, 7) is 4.31. The molecule has 0 aliphatic heterocycles. The lowest BCUT2D eigenvalue weighted by Gasteiger charge is -2.25. The summed E-state index contributed by atoms with van der Waals surface area (Å²) in [4.78, 5) is 25.0. The molecule has 0 aliphatic rings. The van der Waals surface area contributed by atoms with Gasteiger partial charge in [0.1, 0.15) is 6.54 Å². The van der Waals surface area contributed by atoms with Crippen LogP contribution in [0.5, 0.6) is 0 Å². The molecule has 3 aromatic carbocycles. The third kappa shape index (κ3) is 6.48. The Bertz CT molecular complexity index is 1400. The van der Waals surface area contributed by atoms with E-state index in [1.807, 2.05) is 0 Å². The van der Waals surface area contributed by atoms with Crippen LogP contribution in [-0.4, -0.2) is 33.4 Å². The highest BCUT2D eigenvalue weighted by Gasteiger charge is 2.33. The van der Waals surface area contributed by atoms with Crippen LogP contribution in [0.2, 0.25) is 0 Å². The number of sulfonamides is 1. The summed E-state index contributed by atoms with van der Waals surface area (Å²) < 4.78 is 72.7. The number of ether oxygens (including phenoxy) is 1. The second kappa shape index (κ2) is 11.0. The van der Waals surface area contributed by atoms with Gasteiger partial charge in [0, 0.05) is 5.69 Å². The Hall–Kier alpha value is -3.86. The number of hydrogen-bond acceptors (Lipinski definition) is 5. The molecule has 0 bridgehead atoms. The van der Waals surface area contributed by atoms with E-state index in [9.17, 15) is 31.2 Å². The number of hydrogen-bond donors (Lipinski definition) is 1. The molecule has 1 amide bonds. The monoisotopic (exact) mass is 534 g/mol. The number of halogens is 3. The van der Waals surface area contributed by atoms with E-state index in [1.165, 1.54) is 36.4 Å². The largest absolute Gasteiger partial charge is 0.462 e. The highest BCUT2D eigenvalue weighted by Crippen LogP contribution is 2.33. The zero-order chi connectivity index (χ0) is 27.4. The van der Waals surface area contributed by atoms with Gasteiger partial charge in [-0.25, -0.2) is 13.2 Å². The lowest BCUT2D eigenvalue weighted by molar-refractivity contribution is -0.137. The number of rotatable bonds is 8. The van der Waals surface area contributed by atoms with E-state index in [0.29, 0.717) is 15.9 Å². The molecule has 7 nitrogen and oxygen atoms in total. The van der Waals surface area contributed by atoms with Gasteiger partial charge in [-0.05, 0) is 68.8 Å². The molecule has 0 fully saturated rings. The molecule has 0 atom stereocenters. The first-order chi connectivity index (χ1) is 17.3. The lowest BCUT2D eigenvalue weighted by Crippen LogP contribution is -2.38. The highest BCUT2D eigenvalue weighted by atomic mass is 32.2. The van der Waals surface area contributed by atoms with Crippen molar-refractivity contribution in [3.05, 3.63) is 89.0 Å². The smallest absolute Gasteiger partial charge is 0.416 e. The summed E-state index contributed by atoms with van der Waals surface area (Å²) in [5.74, 6) is -1.42. The van der Waals surface area contributed by atoms with Crippen molar-refractivity contribution in [3.63, 3.8) is 0 Å². The number of amides is 1. The molecule has 0 aromatic heterocycles.